The van der Waals surface area contributed by atoms with E-state index in [2.05, 4.69) is 21.2 Å². The molecule has 1 N–H and O–H groups in total. The van der Waals surface area contributed by atoms with Crippen LogP contribution in [0.4, 0.5) is 4.79 Å². The highest BCUT2D eigenvalue weighted by Gasteiger charge is 2.26. The number of rotatable bonds is 6. The molecule has 1 amide bonds. The molecule has 1 aromatic carbocycles. The van der Waals surface area contributed by atoms with E-state index >= 15 is 0 Å². The number of esters is 1. The van der Waals surface area contributed by atoms with Gasteiger partial charge in [0, 0.05) is 12.4 Å². The zero-order valence-corrected chi connectivity index (χ0v) is 20.4. The normalized spacial score (nSPS) is 14.6. The van der Waals surface area contributed by atoms with Crippen LogP contribution in [0.2, 0.25) is 0 Å². The standard InChI is InChI=1S/C23H31BrN2O5/c1-6-29-21(27)20-15-11-19(30-14-9-7-8-10-14)16(24)12-17(15)26(5)18(20)13-25-22(28)31-23(2,3)4/h11-12,14H,6-10,13H2,1-5H3,(H,25,28). The van der Waals surface area contributed by atoms with Crippen molar-refractivity contribution in [3.05, 3.63) is 27.9 Å². The number of aryl methyl sites for hydroxylation is 1. The summed E-state index contributed by atoms with van der Waals surface area (Å²) in [4.78, 5) is 25.1. The third kappa shape index (κ3) is 5.53. The maximum atomic E-state index is 12.9. The minimum Gasteiger partial charge on any atom is -0.489 e. The first-order valence-corrected chi connectivity index (χ1v) is 11.5. The summed E-state index contributed by atoms with van der Waals surface area (Å²) in [6.45, 7) is 7.57. The van der Waals surface area contributed by atoms with Gasteiger partial charge >= 0.3 is 12.1 Å². The molecule has 2 aromatic rings. The molecule has 8 heteroatoms. The zero-order chi connectivity index (χ0) is 22.8. The molecule has 7 nitrogen and oxygen atoms in total. The fraction of sp³-hybridized carbons (Fsp3) is 0.565. The summed E-state index contributed by atoms with van der Waals surface area (Å²) in [5, 5.41) is 3.48. The molecule has 0 radical (unpaired) electrons. The summed E-state index contributed by atoms with van der Waals surface area (Å²) in [7, 11) is 1.86. The van der Waals surface area contributed by atoms with Gasteiger partial charge in [-0.25, -0.2) is 9.59 Å². The lowest BCUT2D eigenvalue weighted by Gasteiger charge is -2.20. The highest BCUT2D eigenvalue weighted by molar-refractivity contribution is 9.10. The van der Waals surface area contributed by atoms with Gasteiger partial charge in [0.1, 0.15) is 11.4 Å². The largest absolute Gasteiger partial charge is 0.489 e. The Balaban J connectivity index is 1.99. The maximum Gasteiger partial charge on any atom is 0.407 e. The minimum absolute atomic E-state index is 0.130. The summed E-state index contributed by atoms with van der Waals surface area (Å²) in [5.41, 5.74) is 1.31. The van der Waals surface area contributed by atoms with Gasteiger partial charge in [0.2, 0.25) is 0 Å². The molecule has 0 saturated heterocycles. The van der Waals surface area contributed by atoms with Crippen molar-refractivity contribution in [3.8, 4) is 5.75 Å². The number of carbonyl (C=O) groups excluding carboxylic acids is 2. The smallest absolute Gasteiger partial charge is 0.407 e. The minimum atomic E-state index is -0.607. The predicted molar refractivity (Wildman–Crippen MR) is 123 cm³/mol. The number of nitrogens with zero attached hydrogens (tertiary/aromatic N) is 1. The molecule has 1 aromatic heterocycles. The van der Waals surface area contributed by atoms with Crippen LogP contribution < -0.4 is 10.1 Å². The van der Waals surface area contributed by atoms with Gasteiger partial charge in [-0.15, -0.1) is 0 Å². The van der Waals surface area contributed by atoms with E-state index in [0.29, 0.717) is 17.0 Å². The van der Waals surface area contributed by atoms with Crippen molar-refractivity contribution in [3.63, 3.8) is 0 Å². The van der Waals surface area contributed by atoms with E-state index < -0.39 is 17.7 Å². The Morgan fingerprint density at radius 2 is 1.90 bits per heavy atom. The van der Waals surface area contributed by atoms with Gasteiger partial charge in [0.05, 0.1) is 40.5 Å². The molecule has 1 fully saturated rings. The van der Waals surface area contributed by atoms with Gasteiger partial charge in [0.25, 0.3) is 0 Å². The first-order valence-electron chi connectivity index (χ1n) is 10.7. The van der Waals surface area contributed by atoms with Crippen LogP contribution in [0.1, 0.15) is 69.4 Å². The molecule has 1 saturated carbocycles. The predicted octanol–water partition coefficient (Wildman–Crippen LogP) is 5.46. The van der Waals surface area contributed by atoms with Crippen LogP contribution in [0.15, 0.2) is 16.6 Å². The van der Waals surface area contributed by atoms with Gasteiger partial charge in [-0.1, -0.05) is 0 Å². The number of aromatic nitrogens is 1. The molecule has 1 aliphatic carbocycles. The Bertz CT molecular complexity index is 971. The number of benzene rings is 1. The fourth-order valence-corrected chi connectivity index (χ4v) is 4.30. The van der Waals surface area contributed by atoms with Crippen molar-refractivity contribution in [2.45, 2.75) is 71.6 Å². The monoisotopic (exact) mass is 494 g/mol. The first-order chi connectivity index (χ1) is 14.6. The Morgan fingerprint density at radius 1 is 1.23 bits per heavy atom. The topological polar surface area (TPSA) is 78.8 Å². The van der Waals surface area contributed by atoms with Crippen molar-refractivity contribution in [2.75, 3.05) is 6.61 Å². The molecule has 3 rings (SSSR count). The second-order valence-electron chi connectivity index (χ2n) is 8.78. The molecule has 31 heavy (non-hydrogen) atoms. The summed E-state index contributed by atoms with van der Waals surface area (Å²) < 4.78 is 19.6. The Labute approximate surface area is 191 Å². The number of hydrogen-bond donors (Lipinski definition) is 1. The van der Waals surface area contributed by atoms with Crippen LogP contribution in [-0.4, -0.2) is 34.9 Å². The van der Waals surface area contributed by atoms with Gasteiger partial charge in [-0.2, -0.15) is 0 Å². The zero-order valence-electron chi connectivity index (χ0n) is 18.8. The third-order valence-corrected chi connectivity index (χ3v) is 5.87. The Kier molecular flexibility index (Phi) is 7.19. The molecule has 1 heterocycles. The van der Waals surface area contributed by atoms with E-state index in [-0.39, 0.29) is 19.3 Å². The molecule has 0 atom stereocenters. The number of hydrogen-bond acceptors (Lipinski definition) is 5. The lowest BCUT2D eigenvalue weighted by atomic mass is 10.1. The van der Waals surface area contributed by atoms with Crippen molar-refractivity contribution in [2.24, 2.45) is 7.05 Å². The molecular formula is C23H31BrN2O5. The second kappa shape index (κ2) is 9.51. The summed E-state index contributed by atoms with van der Waals surface area (Å²) in [6, 6.07) is 3.83. The van der Waals surface area contributed by atoms with E-state index in [0.717, 1.165) is 28.2 Å². The molecule has 0 aliphatic heterocycles. The molecule has 170 valence electrons. The van der Waals surface area contributed by atoms with Crippen LogP contribution in [0.3, 0.4) is 0 Å². The highest BCUT2D eigenvalue weighted by Crippen LogP contribution is 2.37. The molecular weight excluding hydrogens is 464 g/mol. The Morgan fingerprint density at radius 3 is 2.52 bits per heavy atom. The molecule has 0 unspecified atom stereocenters. The van der Waals surface area contributed by atoms with Crippen LogP contribution in [0, 0.1) is 0 Å². The maximum absolute atomic E-state index is 12.9. The average Bonchev–Trinajstić information content (AvgIpc) is 3.26. The summed E-state index contributed by atoms with van der Waals surface area (Å²) >= 11 is 3.61. The summed E-state index contributed by atoms with van der Waals surface area (Å²) in [5.74, 6) is 0.283. The number of halogens is 1. The number of carbonyl (C=O) groups is 2. The number of fused-ring (bicyclic) bond motifs is 1. The van der Waals surface area contributed by atoms with Crippen molar-refractivity contribution in [1.29, 1.82) is 0 Å². The number of ether oxygens (including phenoxy) is 3. The lowest BCUT2D eigenvalue weighted by molar-refractivity contribution is 0.0502. The van der Waals surface area contributed by atoms with Crippen LogP contribution in [-0.2, 0) is 23.1 Å². The van der Waals surface area contributed by atoms with E-state index in [1.165, 1.54) is 12.8 Å². The quantitative estimate of drug-likeness (QED) is 0.539. The number of amides is 1. The number of nitrogens with one attached hydrogen (secondary N) is 1. The van der Waals surface area contributed by atoms with Crippen molar-refractivity contribution >= 4 is 38.9 Å². The first kappa shape index (κ1) is 23.4. The SMILES string of the molecule is CCOC(=O)c1c(CNC(=O)OC(C)(C)C)n(C)c2cc(Br)c(OC3CCCC3)cc12. The van der Waals surface area contributed by atoms with Crippen LogP contribution in [0.5, 0.6) is 5.75 Å². The highest BCUT2D eigenvalue weighted by atomic mass is 79.9. The van der Waals surface area contributed by atoms with E-state index in [1.54, 1.807) is 27.7 Å². The van der Waals surface area contributed by atoms with E-state index in [9.17, 15) is 9.59 Å². The van der Waals surface area contributed by atoms with E-state index in [4.69, 9.17) is 14.2 Å². The molecule has 0 spiro atoms. The van der Waals surface area contributed by atoms with Crippen LogP contribution >= 0.6 is 15.9 Å². The van der Waals surface area contributed by atoms with Gasteiger partial charge in [-0.05, 0) is 81.4 Å². The van der Waals surface area contributed by atoms with Gasteiger partial charge < -0.3 is 24.1 Å². The van der Waals surface area contributed by atoms with Gasteiger partial charge in [0.15, 0.2) is 0 Å². The summed E-state index contributed by atoms with van der Waals surface area (Å²) in [6.07, 6.45) is 4.06. The second-order valence-corrected chi connectivity index (χ2v) is 9.64. The van der Waals surface area contributed by atoms with Gasteiger partial charge in [-0.3, -0.25) is 0 Å². The Hall–Kier alpha value is -2.22. The number of alkyl carbamates (subject to hydrolysis) is 1. The molecule has 1 aliphatic rings. The lowest BCUT2D eigenvalue weighted by Crippen LogP contribution is -2.33. The fourth-order valence-electron chi connectivity index (χ4n) is 3.87. The van der Waals surface area contributed by atoms with Crippen molar-refractivity contribution < 1.29 is 23.8 Å². The van der Waals surface area contributed by atoms with E-state index in [1.807, 2.05) is 23.7 Å². The van der Waals surface area contributed by atoms with Crippen molar-refractivity contribution in [1.82, 2.24) is 9.88 Å². The third-order valence-electron chi connectivity index (χ3n) is 5.25. The average molecular weight is 495 g/mol. The van der Waals surface area contributed by atoms with Crippen LogP contribution in [0.25, 0.3) is 10.9 Å². The molecule has 0 bridgehead atoms.